The maximum atomic E-state index is 11.2. The maximum absolute atomic E-state index is 11.2. The zero-order chi connectivity index (χ0) is 14.8. The van der Waals surface area contributed by atoms with Crippen LogP contribution in [0.1, 0.15) is 38.7 Å². The van der Waals surface area contributed by atoms with Gasteiger partial charge >= 0.3 is 0 Å². The highest BCUT2D eigenvalue weighted by Gasteiger charge is 2.05. The standard InChI is InChI=1S/C17H24O3/c1-4-8-14-13-16(19-6-3)10-11-17(14)20-12-7-9-15(18)5-2/h4,10-11,13H,1,5-9,12H2,2-3H3. The lowest BCUT2D eigenvalue weighted by molar-refractivity contribution is -0.118. The molecule has 0 unspecified atom stereocenters. The number of allylic oxidation sites excluding steroid dienone is 1. The number of carbonyl (C=O) groups is 1. The third-order valence-electron chi connectivity index (χ3n) is 2.96. The molecule has 0 atom stereocenters. The number of ether oxygens (including phenoxy) is 2. The molecule has 0 aliphatic rings. The van der Waals surface area contributed by atoms with Gasteiger partial charge in [-0.15, -0.1) is 6.58 Å². The van der Waals surface area contributed by atoms with Crippen LogP contribution in [0.5, 0.6) is 11.5 Å². The Kier molecular flexibility index (Phi) is 7.48. The van der Waals surface area contributed by atoms with E-state index >= 15 is 0 Å². The Morgan fingerprint density at radius 2 is 2.10 bits per heavy atom. The second-order valence-corrected chi connectivity index (χ2v) is 4.54. The van der Waals surface area contributed by atoms with E-state index in [0.717, 1.165) is 29.9 Å². The SMILES string of the molecule is C=CCc1cc(OCC)ccc1OCCCC(=O)CC. The highest BCUT2D eigenvalue weighted by atomic mass is 16.5. The van der Waals surface area contributed by atoms with Crippen LogP contribution in [0.25, 0.3) is 0 Å². The lowest BCUT2D eigenvalue weighted by atomic mass is 10.1. The fourth-order valence-corrected chi connectivity index (χ4v) is 1.90. The minimum absolute atomic E-state index is 0.284. The maximum Gasteiger partial charge on any atom is 0.132 e. The zero-order valence-electron chi connectivity index (χ0n) is 12.5. The predicted octanol–water partition coefficient (Wildman–Crippen LogP) is 3.95. The van der Waals surface area contributed by atoms with Gasteiger partial charge in [-0.1, -0.05) is 13.0 Å². The quantitative estimate of drug-likeness (QED) is 0.479. The van der Waals surface area contributed by atoms with Crippen molar-refractivity contribution < 1.29 is 14.3 Å². The molecule has 1 aromatic rings. The third-order valence-corrected chi connectivity index (χ3v) is 2.96. The number of hydrogen-bond donors (Lipinski definition) is 0. The van der Waals surface area contributed by atoms with E-state index in [1.54, 1.807) is 0 Å². The molecule has 1 aromatic carbocycles. The summed E-state index contributed by atoms with van der Waals surface area (Å²) in [5, 5.41) is 0. The molecule has 0 saturated heterocycles. The Labute approximate surface area is 121 Å². The van der Waals surface area contributed by atoms with Gasteiger partial charge in [-0.05, 0) is 38.0 Å². The van der Waals surface area contributed by atoms with Gasteiger partial charge in [0.2, 0.25) is 0 Å². The van der Waals surface area contributed by atoms with Crippen molar-refractivity contribution in [2.75, 3.05) is 13.2 Å². The molecule has 0 N–H and O–H groups in total. The van der Waals surface area contributed by atoms with Crippen LogP contribution in [0.4, 0.5) is 0 Å². The molecule has 110 valence electrons. The van der Waals surface area contributed by atoms with Crippen LogP contribution < -0.4 is 9.47 Å². The molecule has 0 amide bonds. The molecule has 3 heteroatoms. The summed E-state index contributed by atoms with van der Waals surface area (Å²) >= 11 is 0. The Morgan fingerprint density at radius 3 is 2.75 bits per heavy atom. The van der Waals surface area contributed by atoms with Crippen molar-refractivity contribution in [1.29, 1.82) is 0 Å². The van der Waals surface area contributed by atoms with Crippen LogP contribution in [-0.2, 0) is 11.2 Å². The number of rotatable bonds is 10. The number of ketones is 1. The van der Waals surface area contributed by atoms with Crippen LogP contribution >= 0.6 is 0 Å². The lowest BCUT2D eigenvalue weighted by Crippen LogP contribution is -2.04. The van der Waals surface area contributed by atoms with E-state index in [4.69, 9.17) is 9.47 Å². The summed E-state index contributed by atoms with van der Waals surface area (Å²) in [5.41, 5.74) is 1.06. The molecule has 0 spiro atoms. The average Bonchev–Trinajstić information content (AvgIpc) is 2.45. The van der Waals surface area contributed by atoms with Crippen molar-refractivity contribution in [1.82, 2.24) is 0 Å². The average molecular weight is 276 g/mol. The largest absolute Gasteiger partial charge is 0.494 e. The summed E-state index contributed by atoms with van der Waals surface area (Å²) in [5.74, 6) is 1.97. The summed E-state index contributed by atoms with van der Waals surface area (Å²) in [4.78, 5) is 11.2. The lowest BCUT2D eigenvalue weighted by Gasteiger charge is -2.12. The highest BCUT2D eigenvalue weighted by molar-refractivity contribution is 5.77. The minimum Gasteiger partial charge on any atom is -0.494 e. The Balaban J connectivity index is 2.59. The Hall–Kier alpha value is -1.77. The van der Waals surface area contributed by atoms with Crippen molar-refractivity contribution in [3.63, 3.8) is 0 Å². The van der Waals surface area contributed by atoms with E-state index in [0.29, 0.717) is 26.1 Å². The van der Waals surface area contributed by atoms with Gasteiger partial charge in [0.05, 0.1) is 13.2 Å². The van der Waals surface area contributed by atoms with E-state index in [1.807, 2.05) is 38.1 Å². The zero-order valence-corrected chi connectivity index (χ0v) is 12.5. The molecule has 0 radical (unpaired) electrons. The van der Waals surface area contributed by atoms with Crippen LogP contribution in [0.2, 0.25) is 0 Å². The van der Waals surface area contributed by atoms with Gasteiger partial charge < -0.3 is 9.47 Å². The molecule has 0 bridgehead atoms. The van der Waals surface area contributed by atoms with Crippen LogP contribution in [0.3, 0.4) is 0 Å². The van der Waals surface area contributed by atoms with Crippen molar-refractivity contribution in [2.24, 2.45) is 0 Å². The van der Waals surface area contributed by atoms with Gasteiger partial charge in [0.15, 0.2) is 0 Å². The predicted molar refractivity (Wildman–Crippen MR) is 81.5 cm³/mol. The van der Waals surface area contributed by atoms with Crippen molar-refractivity contribution in [2.45, 2.75) is 39.5 Å². The van der Waals surface area contributed by atoms with Gasteiger partial charge in [0.25, 0.3) is 0 Å². The topological polar surface area (TPSA) is 35.5 Å². The number of Topliss-reactive ketones (excluding diaryl/α,β-unsaturated/α-hetero) is 1. The van der Waals surface area contributed by atoms with Gasteiger partial charge in [-0.25, -0.2) is 0 Å². The van der Waals surface area contributed by atoms with E-state index in [-0.39, 0.29) is 5.78 Å². The minimum atomic E-state index is 0.284. The van der Waals surface area contributed by atoms with E-state index in [9.17, 15) is 4.79 Å². The molecule has 0 heterocycles. The normalized spacial score (nSPS) is 10.1. The molecule has 0 aromatic heterocycles. The van der Waals surface area contributed by atoms with Gasteiger partial charge in [0.1, 0.15) is 17.3 Å². The molecule has 20 heavy (non-hydrogen) atoms. The van der Waals surface area contributed by atoms with E-state index in [1.165, 1.54) is 0 Å². The molecule has 0 aliphatic carbocycles. The van der Waals surface area contributed by atoms with Crippen LogP contribution in [0.15, 0.2) is 30.9 Å². The third kappa shape index (κ3) is 5.47. The first-order valence-electron chi connectivity index (χ1n) is 7.22. The number of benzene rings is 1. The monoisotopic (exact) mass is 276 g/mol. The Morgan fingerprint density at radius 1 is 1.30 bits per heavy atom. The Bertz CT molecular complexity index is 438. The summed E-state index contributed by atoms with van der Waals surface area (Å²) in [7, 11) is 0. The summed E-state index contributed by atoms with van der Waals surface area (Å²) in [6.07, 6.45) is 4.53. The molecule has 0 aliphatic heterocycles. The molecular formula is C17H24O3. The number of hydrogen-bond acceptors (Lipinski definition) is 3. The molecule has 1 rings (SSSR count). The summed E-state index contributed by atoms with van der Waals surface area (Å²) in [6.45, 7) is 8.81. The van der Waals surface area contributed by atoms with Gasteiger partial charge in [-0.3, -0.25) is 4.79 Å². The smallest absolute Gasteiger partial charge is 0.132 e. The summed E-state index contributed by atoms with van der Waals surface area (Å²) < 4.78 is 11.2. The first-order chi connectivity index (χ1) is 9.71. The second-order valence-electron chi connectivity index (χ2n) is 4.54. The van der Waals surface area contributed by atoms with E-state index < -0.39 is 0 Å². The molecule has 0 fully saturated rings. The van der Waals surface area contributed by atoms with Crippen molar-refractivity contribution in [3.8, 4) is 11.5 Å². The fraction of sp³-hybridized carbons (Fsp3) is 0.471. The van der Waals surface area contributed by atoms with Crippen LogP contribution in [0, 0.1) is 0 Å². The molecule has 3 nitrogen and oxygen atoms in total. The first-order valence-corrected chi connectivity index (χ1v) is 7.22. The first kappa shape index (κ1) is 16.3. The van der Waals surface area contributed by atoms with Crippen molar-refractivity contribution in [3.05, 3.63) is 36.4 Å². The van der Waals surface area contributed by atoms with Gasteiger partial charge in [-0.2, -0.15) is 0 Å². The summed E-state index contributed by atoms with van der Waals surface area (Å²) in [6, 6.07) is 5.81. The number of carbonyl (C=O) groups excluding carboxylic acids is 1. The van der Waals surface area contributed by atoms with E-state index in [2.05, 4.69) is 6.58 Å². The van der Waals surface area contributed by atoms with Crippen LogP contribution in [-0.4, -0.2) is 19.0 Å². The van der Waals surface area contributed by atoms with Gasteiger partial charge in [0, 0.05) is 18.4 Å². The highest BCUT2D eigenvalue weighted by Crippen LogP contribution is 2.25. The fourth-order valence-electron chi connectivity index (χ4n) is 1.90. The molecular weight excluding hydrogens is 252 g/mol. The van der Waals surface area contributed by atoms with Crippen molar-refractivity contribution >= 4 is 5.78 Å². The molecule has 0 saturated carbocycles. The second kappa shape index (κ2) is 9.18.